The van der Waals surface area contributed by atoms with Crippen molar-refractivity contribution in [2.75, 3.05) is 50.2 Å². The molecule has 0 amide bonds. The molecule has 0 unspecified atom stereocenters. The van der Waals surface area contributed by atoms with Crippen molar-refractivity contribution in [2.24, 2.45) is 0 Å². The molecule has 3 rings (SSSR count). The zero-order chi connectivity index (χ0) is 20.0. The largest absolute Gasteiger partial charge is 0.493 e. The SMILES string of the molecule is COc1cc(CNc2nccc(N3CCOCC3)n2)ccc1OCC(F)(F)F. The number of benzene rings is 1. The summed E-state index contributed by atoms with van der Waals surface area (Å²) < 4.78 is 52.2. The number of morpholine rings is 1. The van der Waals surface area contributed by atoms with Gasteiger partial charge in [0.05, 0.1) is 20.3 Å². The molecular weight excluding hydrogens is 377 g/mol. The molecule has 0 saturated carbocycles. The molecule has 1 aliphatic heterocycles. The van der Waals surface area contributed by atoms with E-state index < -0.39 is 12.8 Å². The number of nitrogens with zero attached hydrogens (tertiary/aromatic N) is 3. The van der Waals surface area contributed by atoms with Gasteiger partial charge in [0.2, 0.25) is 5.95 Å². The van der Waals surface area contributed by atoms with Crippen LogP contribution in [0.2, 0.25) is 0 Å². The predicted molar refractivity (Wildman–Crippen MR) is 96.9 cm³/mol. The van der Waals surface area contributed by atoms with Crippen LogP contribution in [0, 0.1) is 0 Å². The van der Waals surface area contributed by atoms with E-state index >= 15 is 0 Å². The Morgan fingerprint density at radius 2 is 1.96 bits per heavy atom. The van der Waals surface area contributed by atoms with E-state index in [1.165, 1.54) is 13.2 Å². The van der Waals surface area contributed by atoms with E-state index in [0.717, 1.165) is 24.5 Å². The average molecular weight is 398 g/mol. The molecule has 0 atom stereocenters. The van der Waals surface area contributed by atoms with Gasteiger partial charge < -0.3 is 24.4 Å². The first-order valence-electron chi connectivity index (χ1n) is 8.71. The number of aromatic nitrogens is 2. The van der Waals surface area contributed by atoms with Crippen LogP contribution in [0.1, 0.15) is 5.56 Å². The molecule has 1 aromatic heterocycles. The lowest BCUT2D eigenvalue weighted by atomic mass is 10.2. The lowest BCUT2D eigenvalue weighted by Gasteiger charge is -2.27. The monoisotopic (exact) mass is 398 g/mol. The van der Waals surface area contributed by atoms with E-state index in [1.54, 1.807) is 18.3 Å². The van der Waals surface area contributed by atoms with Gasteiger partial charge in [-0.25, -0.2) is 4.98 Å². The van der Waals surface area contributed by atoms with Gasteiger partial charge in [0, 0.05) is 25.8 Å². The number of methoxy groups -OCH3 is 1. The normalized spacial score (nSPS) is 14.6. The number of hydrogen-bond acceptors (Lipinski definition) is 7. The second-order valence-electron chi connectivity index (χ2n) is 6.08. The number of nitrogens with one attached hydrogen (secondary N) is 1. The topological polar surface area (TPSA) is 68.7 Å². The van der Waals surface area contributed by atoms with Crippen LogP contribution in [0.4, 0.5) is 24.9 Å². The first-order chi connectivity index (χ1) is 13.4. The summed E-state index contributed by atoms with van der Waals surface area (Å²) in [5, 5.41) is 3.11. The molecule has 0 radical (unpaired) electrons. The zero-order valence-electron chi connectivity index (χ0n) is 15.3. The number of halogens is 3. The van der Waals surface area contributed by atoms with E-state index in [0.29, 0.717) is 25.7 Å². The van der Waals surface area contributed by atoms with Gasteiger partial charge in [0.15, 0.2) is 18.1 Å². The second-order valence-corrected chi connectivity index (χ2v) is 6.08. The molecule has 28 heavy (non-hydrogen) atoms. The van der Waals surface area contributed by atoms with Crippen LogP contribution < -0.4 is 19.7 Å². The van der Waals surface area contributed by atoms with Crippen molar-refractivity contribution in [2.45, 2.75) is 12.7 Å². The van der Waals surface area contributed by atoms with Crippen LogP contribution in [-0.4, -0.2) is 56.2 Å². The van der Waals surface area contributed by atoms with Gasteiger partial charge in [-0.2, -0.15) is 18.2 Å². The molecule has 1 aliphatic rings. The quantitative estimate of drug-likeness (QED) is 0.769. The van der Waals surface area contributed by atoms with Crippen LogP contribution in [0.3, 0.4) is 0 Å². The van der Waals surface area contributed by atoms with E-state index in [-0.39, 0.29) is 11.5 Å². The van der Waals surface area contributed by atoms with E-state index in [2.05, 4.69) is 20.2 Å². The van der Waals surface area contributed by atoms with Gasteiger partial charge >= 0.3 is 6.18 Å². The highest BCUT2D eigenvalue weighted by atomic mass is 19.4. The zero-order valence-corrected chi connectivity index (χ0v) is 15.3. The van der Waals surface area contributed by atoms with Crippen molar-refractivity contribution < 1.29 is 27.4 Å². The highest BCUT2D eigenvalue weighted by Crippen LogP contribution is 2.30. The lowest BCUT2D eigenvalue weighted by molar-refractivity contribution is -0.153. The molecular formula is C18H21F3N4O3. The van der Waals surface area contributed by atoms with Crippen LogP contribution >= 0.6 is 0 Å². The number of hydrogen-bond donors (Lipinski definition) is 1. The molecule has 1 aromatic carbocycles. The minimum Gasteiger partial charge on any atom is -0.493 e. The maximum atomic E-state index is 12.3. The molecule has 1 N–H and O–H groups in total. The third-order valence-electron chi connectivity index (χ3n) is 4.05. The lowest BCUT2D eigenvalue weighted by Crippen LogP contribution is -2.36. The van der Waals surface area contributed by atoms with Crippen molar-refractivity contribution in [3.8, 4) is 11.5 Å². The van der Waals surface area contributed by atoms with E-state index in [9.17, 15) is 13.2 Å². The molecule has 152 valence electrons. The molecule has 1 fully saturated rings. The molecule has 0 aliphatic carbocycles. The number of anilines is 2. The number of ether oxygens (including phenoxy) is 3. The summed E-state index contributed by atoms with van der Waals surface area (Å²) in [6, 6.07) is 6.57. The first kappa shape index (κ1) is 20.0. The van der Waals surface area contributed by atoms with Gasteiger partial charge in [-0.15, -0.1) is 0 Å². The summed E-state index contributed by atoms with van der Waals surface area (Å²) in [7, 11) is 1.38. The van der Waals surface area contributed by atoms with Crippen molar-refractivity contribution in [1.82, 2.24) is 9.97 Å². The fourth-order valence-corrected chi connectivity index (χ4v) is 2.68. The summed E-state index contributed by atoms with van der Waals surface area (Å²) in [6.07, 6.45) is -2.73. The average Bonchev–Trinajstić information content (AvgIpc) is 2.71. The summed E-state index contributed by atoms with van der Waals surface area (Å²) in [5.41, 5.74) is 0.789. The number of rotatable bonds is 7. The standard InChI is InChI=1S/C18H21F3N4O3/c1-26-15-10-13(2-3-14(15)28-12-18(19,20)21)11-23-17-22-5-4-16(24-17)25-6-8-27-9-7-25/h2-5,10H,6-9,11-12H2,1H3,(H,22,23,24). The fourth-order valence-electron chi connectivity index (χ4n) is 2.68. The Kier molecular flexibility index (Phi) is 6.40. The van der Waals surface area contributed by atoms with Gasteiger partial charge in [-0.1, -0.05) is 6.07 Å². The fraction of sp³-hybridized carbons (Fsp3) is 0.444. The minimum absolute atomic E-state index is 0.0362. The van der Waals surface area contributed by atoms with E-state index in [1.807, 2.05) is 6.07 Å². The van der Waals surface area contributed by atoms with E-state index in [4.69, 9.17) is 14.2 Å². The molecule has 2 aromatic rings. The highest BCUT2D eigenvalue weighted by Gasteiger charge is 2.29. The molecule has 7 nitrogen and oxygen atoms in total. The maximum Gasteiger partial charge on any atom is 0.422 e. The van der Waals surface area contributed by atoms with Crippen molar-refractivity contribution in [3.05, 3.63) is 36.0 Å². The van der Waals surface area contributed by atoms with Gasteiger partial charge in [-0.3, -0.25) is 0 Å². The summed E-state index contributed by atoms with van der Waals surface area (Å²) in [4.78, 5) is 10.8. The highest BCUT2D eigenvalue weighted by molar-refractivity contribution is 5.45. The van der Waals surface area contributed by atoms with Crippen molar-refractivity contribution in [1.29, 1.82) is 0 Å². The summed E-state index contributed by atoms with van der Waals surface area (Å²) in [6.45, 7) is 1.87. The Morgan fingerprint density at radius 3 is 2.68 bits per heavy atom. The molecule has 0 bridgehead atoms. The second kappa shape index (κ2) is 8.96. The number of alkyl halides is 3. The molecule has 1 saturated heterocycles. The third kappa shape index (κ3) is 5.62. The Labute approximate surface area is 160 Å². The molecule has 2 heterocycles. The minimum atomic E-state index is -4.41. The van der Waals surface area contributed by atoms with Gasteiger partial charge in [0.25, 0.3) is 0 Å². The van der Waals surface area contributed by atoms with Crippen LogP contribution in [0.25, 0.3) is 0 Å². The first-order valence-corrected chi connectivity index (χ1v) is 8.71. The Bertz CT molecular complexity index is 783. The third-order valence-corrected chi connectivity index (χ3v) is 4.05. The van der Waals surface area contributed by atoms with Crippen LogP contribution in [-0.2, 0) is 11.3 Å². The molecule has 10 heteroatoms. The molecule has 0 spiro atoms. The van der Waals surface area contributed by atoms with Gasteiger partial charge in [0.1, 0.15) is 5.82 Å². The smallest absolute Gasteiger partial charge is 0.422 e. The summed E-state index contributed by atoms with van der Waals surface area (Å²) in [5.74, 6) is 1.54. The Morgan fingerprint density at radius 1 is 1.18 bits per heavy atom. The Balaban J connectivity index is 1.62. The van der Waals surface area contributed by atoms with Crippen LogP contribution in [0.5, 0.6) is 11.5 Å². The van der Waals surface area contributed by atoms with Crippen molar-refractivity contribution >= 4 is 11.8 Å². The van der Waals surface area contributed by atoms with Crippen LogP contribution in [0.15, 0.2) is 30.5 Å². The Hall–Kier alpha value is -2.75. The summed E-state index contributed by atoms with van der Waals surface area (Å²) >= 11 is 0. The van der Waals surface area contributed by atoms with Crippen molar-refractivity contribution in [3.63, 3.8) is 0 Å². The van der Waals surface area contributed by atoms with Gasteiger partial charge in [-0.05, 0) is 23.8 Å². The predicted octanol–water partition coefficient (Wildman–Crippen LogP) is 2.88. The maximum absolute atomic E-state index is 12.3.